The molecule has 0 heterocycles. The Labute approximate surface area is 128 Å². The lowest BCUT2D eigenvalue weighted by Gasteiger charge is -2.08. The quantitative estimate of drug-likeness (QED) is 0.661. The van der Waals surface area contributed by atoms with Crippen molar-refractivity contribution in [3.05, 3.63) is 61.1 Å². The van der Waals surface area contributed by atoms with Gasteiger partial charge in [-0.2, -0.15) is 0 Å². The van der Waals surface area contributed by atoms with Gasteiger partial charge in [-0.1, -0.05) is 33.6 Å². The van der Waals surface area contributed by atoms with Crippen molar-refractivity contribution in [2.75, 3.05) is 5.32 Å². The molecule has 0 fully saturated rings. The van der Waals surface area contributed by atoms with Gasteiger partial charge in [-0.15, -0.1) is 0 Å². The molecule has 0 aromatic heterocycles. The van der Waals surface area contributed by atoms with Gasteiger partial charge in [-0.3, -0.25) is 0 Å². The van der Waals surface area contributed by atoms with Crippen LogP contribution >= 0.6 is 50.1 Å². The second-order valence-electron chi connectivity index (χ2n) is 3.60. The largest absolute Gasteiger partial charge is 0.381 e. The summed E-state index contributed by atoms with van der Waals surface area (Å²) in [6.07, 6.45) is 0. The first-order valence-corrected chi connectivity index (χ1v) is 7.33. The molecule has 2 rings (SSSR count). The number of nitrogens with one attached hydrogen (secondary N) is 1. The Balaban J connectivity index is 2.04. The minimum absolute atomic E-state index is 0.745. The van der Waals surface area contributed by atoms with E-state index in [1.54, 1.807) is 0 Å². The van der Waals surface area contributed by atoms with E-state index in [2.05, 4.69) is 68.1 Å². The maximum absolute atomic E-state index is 5.90. The van der Waals surface area contributed by atoms with Gasteiger partial charge >= 0.3 is 0 Å². The van der Waals surface area contributed by atoms with Crippen LogP contribution < -0.4 is 5.32 Å². The Morgan fingerprint density at radius 3 is 2.47 bits per heavy atom. The van der Waals surface area contributed by atoms with Crippen LogP contribution in [0.5, 0.6) is 0 Å². The van der Waals surface area contributed by atoms with Gasteiger partial charge in [0.25, 0.3) is 0 Å². The molecule has 1 N–H and O–H groups in total. The van der Waals surface area contributed by atoms with Crippen LogP contribution in [0.2, 0.25) is 5.02 Å². The number of hydrogen-bond acceptors (Lipinski definition) is 1. The zero-order valence-electron chi connectivity index (χ0n) is 8.88. The number of halogens is 3. The zero-order chi connectivity index (χ0) is 12.3. The molecule has 0 aliphatic heterocycles. The highest BCUT2D eigenvalue weighted by molar-refractivity contribution is 14.1. The van der Waals surface area contributed by atoms with Crippen LogP contribution in [-0.2, 0) is 6.54 Å². The van der Waals surface area contributed by atoms with Crippen molar-refractivity contribution in [1.82, 2.24) is 0 Å². The monoisotopic (exact) mass is 421 g/mol. The summed E-state index contributed by atoms with van der Waals surface area (Å²) in [5, 5.41) is 4.12. The standard InChI is InChI=1S/C13H10BrClIN/c14-13-7-10(15)2-1-9(13)8-17-12-5-3-11(16)4-6-12/h1-7,17H,8H2. The van der Waals surface area contributed by atoms with E-state index in [9.17, 15) is 0 Å². The molecule has 4 heteroatoms. The SMILES string of the molecule is Clc1ccc(CNc2ccc(I)cc2)c(Br)c1. The van der Waals surface area contributed by atoms with Crippen LogP contribution in [0.1, 0.15) is 5.56 Å². The normalized spacial score (nSPS) is 10.3. The van der Waals surface area contributed by atoms with E-state index < -0.39 is 0 Å². The third-order valence-corrected chi connectivity index (χ3v) is 4.03. The molecule has 0 aliphatic carbocycles. The molecule has 2 aromatic rings. The predicted molar refractivity (Wildman–Crippen MR) is 85.6 cm³/mol. The fraction of sp³-hybridized carbons (Fsp3) is 0.0769. The third-order valence-electron chi connectivity index (χ3n) is 2.34. The highest BCUT2D eigenvalue weighted by Crippen LogP contribution is 2.22. The number of rotatable bonds is 3. The fourth-order valence-corrected chi connectivity index (χ4v) is 2.61. The summed E-state index contributed by atoms with van der Waals surface area (Å²) in [5.74, 6) is 0. The van der Waals surface area contributed by atoms with Crippen molar-refractivity contribution >= 4 is 55.8 Å². The van der Waals surface area contributed by atoms with Crippen molar-refractivity contribution < 1.29 is 0 Å². The van der Waals surface area contributed by atoms with E-state index in [4.69, 9.17) is 11.6 Å². The van der Waals surface area contributed by atoms with Crippen LogP contribution in [0.4, 0.5) is 5.69 Å². The maximum Gasteiger partial charge on any atom is 0.0417 e. The molecule has 0 radical (unpaired) electrons. The predicted octanol–water partition coefficient (Wildman–Crippen LogP) is 5.32. The lowest BCUT2D eigenvalue weighted by atomic mass is 10.2. The van der Waals surface area contributed by atoms with Crippen LogP contribution in [0.15, 0.2) is 46.9 Å². The van der Waals surface area contributed by atoms with E-state index >= 15 is 0 Å². The second-order valence-corrected chi connectivity index (χ2v) is 6.13. The van der Waals surface area contributed by atoms with Gasteiger partial charge in [-0.25, -0.2) is 0 Å². The molecule has 0 saturated heterocycles. The van der Waals surface area contributed by atoms with Gasteiger partial charge in [0.2, 0.25) is 0 Å². The van der Waals surface area contributed by atoms with E-state index in [-0.39, 0.29) is 0 Å². The molecule has 88 valence electrons. The van der Waals surface area contributed by atoms with Crippen molar-refractivity contribution in [3.8, 4) is 0 Å². The first-order chi connectivity index (χ1) is 8.15. The smallest absolute Gasteiger partial charge is 0.0417 e. The van der Waals surface area contributed by atoms with Crippen molar-refractivity contribution in [1.29, 1.82) is 0 Å². The summed E-state index contributed by atoms with van der Waals surface area (Å²) in [6.45, 7) is 0.776. The molecule has 0 unspecified atom stereocenters. The Hall–Kier alpha value is -0.260. The Morgan fingerprint density at radius 1 is 1.12 bits per heavy atom. The van der Waals surface area contributed by atoms with Crippen molar-refractivity contribution in [2.24, 2.45) is 0 Å². The molecule has 1 nitrogen and oxygen atoms in total. The highest BCUT2D eigenvalue weighted by Gasteiger charge is 2.00. The van der Waals surface area contributed by atoms with Gasteiger partial charge in [-0.05, 0) is 64.6 Å². The molecule has 0 bridgehead atoms. The van der Waals surface area contributed by atoms with Crippen LogP contribution in [0.3, 0.4) is 0 Å². The van der Waals surface area contributed by atoms with E-state index in [1.165, 1.54) is 9.13 Å². The molecule has 0 saturated carbocycles. The molecule has 0 amide bonds. The van der Waals surface area contributed by atoms with Gasteiger partial charge in [0, 0.05) is 25.3 Å². The summed E-state index contributed by atoms with van der Waals surface area (Å²) < 4.78 is 2.27. The first-order valence-electron chi connectivity index (χ1n) is 5.08. The summed E-state index contributed by atoms with van der Waals surface area (Å²) in [4.78, 5) is 0. The molecule has 17 heavy (non-hydrogen) atoms. The molecule has 0 aliphatic rings. The average molecular weight is 422 g/mol. The Kier molecular flexibility index (Phi) is 4.70. The number of hydrogen-bond donors (Lipinski definition) is 1. The second kappa shape index (κ2) is 6.07. The molecule has 2 aromatic carbocycles. The van der Waals surface area contributed by atoms with E-state index in [1.807, 2.05) is 18.2 Å². The summed E-state index contributed by atoms with van der Waals surface area (Å²) in [7, 11) is 0. The Morgan fingerprint density at radius 2 is 1.82 bits per heavy atom. The summed E-state index contributed by atoms with van der Waals surface area (Å²) >= 11 is 11.7. The summed E-state index contributed by atoms with van der Waals surface area (Å²) in [6, 6.07) is 14.1. The maximum atomic E-state index is 5.90. The topological polar surface area (TPSA) is 12.0 Å². The van der Waals surface area contributed by atoms with Gasteiger partial charge in [0.1, 0.15) is 0 Å². The minimum Gasteiger partial charge on any atom is -0.381 e. The lowest BCUT2D eigenvalue weighted by Crippen LogP contribution is -1.99. The van der Waals surface area contributed by atoms with E-state index in [0.717, 1.165) is 21.7 Å². The highest BCUT2D eigenvalue weighted by atomic mass is 127. The van der Waals surface area contributed by atoms with Gasteiger partial charge in [0.15, 0.2) is 0 Å². The minimum atomic E-state index is 0.745. The Bertz CT molecular complexity index is 513. The van der Waals surface area contributed by atoms with E-state index in [0.29, 0.717) is 0 Å². The average Bonchev–Trinajstić information content (AvgIpc) is 2.30. The molecule has 0 spiro atoms. The fourth-order valence-electron chi connectivity index (χ4n) is 1.43. The number of benzene rings is 2. The molecule has 0 atom stereocenters. The lowest BCUT2D eigenvalue weighted by molar-refractivity contribution is 1.14. The van der Waals surface area contributed by atoms with Crippen LogP contribution in [0.25, 0.3) is 0 Å². The summed E-state index contributed by atoms with van der Waals surface area (Å²) in [5.41, 5.74) is 2.31. The molecular weight excluding hydrogens is 412 g/mol. The first kappa shape index (κ1) is 13.2. The van der Waals surface area contributed by atoms with Crippen molar-refractivity contribution in [2.45, 2.75) is 6.54 Å². The van der Waals surface area contributed by atoms with Crippen LogP contribution in [-0.4, -0.2) is 0 Å². The number of anilines is 1. The third kappa shape index (κ3) is 3.86. The van der Waals surface area contributed by atoms with Gasteiger partial charge < -0.3 is 5.32 Å². The zero-order valence-corrected chi connectivity index (χ0v) is 13.4. The van der Waals surface area contributed by atoms with Crippen LogP contribution in [0, 0.1) is 3.57 Å². The van der Waals surface area contributed by atoms with Gasteiger partial charge in [0.05, 0.1) is 0 Å². The van der Waals surface area contributed by atoms with Crippen molar-refractivity contribution in [3.63, 3.8) is 0 Å². The molecular formula is C13H10BrClIN.